The zero-order valence-corrected chi connectivity index (χ0v) is 14.8. The van der Waals surface area contributed by atoms with E-state index in [2.05, 4.69) is 28.2 Å². The van der Waals surface area contributed by atoms with Crippen molar-refractivity contribution in [2.45, 2.75) is 44.0 Å². The Kier molecular flexibility index (Phi) is 6.22. The number of sulfonamides is 1. The van der Waals surface area contributed by atoms with Crippen molar-refractivity contribution in [3.8, 4) is 0 Å². The lowest BCUT2D eigenvalue weighted by molar-refractivity contribution is 0.346. The fourth-order valence-electron chi connectivity index (χ4n) is 2.52. The molecule has 0 unspecified atom stereocenters. The van der Waals surface area contributed by atoms with E-state index in [4.69, 9.17) is 0 Å². The highest BCUT2D eigenvalue weighted by molar-refractivity contribution is 9.10. The van der Waals surface area contributed by atoms with Crippen molar-refractivity contribution < 1.29 is 8.42 Å². The average molecular weight is 375 g/mol. The summed E-state index contributed by atoms with van der Waals surface area (Å²) in [5.41, 5.74) is 1.09. The van der Waals surface area contributed by atoms with Crippen molar-refractivity contribution in [1.82, 2.24) is 9.62 Å². The second-order valence-corrected chi connectivity index (χ2v) is 8.17. The zero-order chi connectivity index (χ0) is 15.3. The fraction of sp³-hybridized carbons (Fsp3) is 0.600. The maximum absolute atomic E-state index is 12.7. The Balaban J connectivity index is 2.15. The van der Waals surface area contributed by atoms with Gasteiger partial charge >= 0.3 is 0 Å². The topological polar surface area (TPSA) is 49.4 Å². The number of nitrogens with zero attached hydrogens (tertiary/aromatic N) is 1. The molecule has 0 aromatic heterocycles. The van der Waals surface area contributed by atoms with Crippen molar-refractivity contribution in [1.29, 1.82) is 0 Å². The van der Waals surface area contributed by atoms with Gasteiger partial charge in [0.05, 0.1) is 4.90 Å². The lowest BCUT2D eigenvalue weighted by atomic mass is 10.2. The van der Waals surface area contributed by atoms with Crippen LogP contribution in [0, 0.1) is 0 Å². The molecule has 1 aromatic carbocycles. The van der Waals surface area contributed by atoms with Crippen LogP contribution in [0.5, 0.6) is 0 Å². The summed E-state index contributed by atoms with van der Waals surface area (Å²) in [7, 11) is -3.37. The molecule has 0 radical (unpaired) electrons. The standard InChI is InChI=1S/C15H23BrN2O2S/c1-2-8-17-12-13-6-7-15(14(16)11-13)21(19,20)18-9-4-3-5-10-18/h6-7,11,17H,2-5,8-10,12H2,1H3. The van der Waals surface area contributed by atoms with Crippen molar-refractivity contribution in [2.75, 3.05) is 19.6 Å². The molecule has 0 saturated carbocycles. The summed E-state index contributed by atoms with van der Waals surface area (Å²) < 4.78 is 27.6. The first-order chi connectivity index (χ1) is 10.1. The molecule has 1 heterocycles. The molecule has 1 N–H and O–H groups in total. The minimum atomic E-state index is -3.37. The maximum Gasteiger partial charge on any atom is 0.244 e. The van der Waals surface area contributed by atoms with Gasteiger partial charge in [0.1, 0.15) is 0 Å². The Morgan fingerprint density at radius 2 is 1.95 bits per heavy atom. The van der Waals surface area contributed by atoms with E-state index < -0.39 is 10.0 Å². The van der Waals surface area contributed by atoms with Crippen molar-refractivity contribution in [3.05, 3.63) is 28.2 Å². The SMILES string of the molecule is CCCNCc1ccc(S(=O)(=O)N2CCCCC2)c(Br)c1. The molecule has 1 aliphatic rings. The Bertz CT molecular complexity index is 569. The first-order valence-corrected chi connectivity index (χ1v) is 9.78. The van der Waals surface area contributed by atoms with Gasteiger partial charge in [0.15, 0.2) is 0 Å². The third kappa shape index (κ3) is 4.28. The molecule has 118 valence electrons. The minimum absolute atomic E-state index is 0.378. The zero-order valence-electron chi connectivity index (χ0n) is 12.4. The maximum atomic E-state index is 12.7. The first-order valence-electron chi connectivity index (χ1n) is 7.55. The van der Waals surface area contributed by atoms with Crippen molar-refractivity contribution >= 4 is 26.0 Å². The van der Waals surface area contributed by atoms with E-state index in [-0.39, 0.29) is 0 Å². The highest BCUT2D eigenvalue weighted by Gasteiger charge is 2.27. The molecule has 1 aromatic rings. The summed E-state index contributed by atoms with van der Waals surface area (Å²) in [4.78, 5) is 0.378. The molecule has 1 aliphatic heterocycles. The van der Waals surface area contributed by atoms with Gasteiger partial charge in [-0.3, -0.25) is 0 Å². The molecule has 1 fully saturated rings. The number of benzene rings is 1. The average Bonchev–Trinajstić information content (AvgIpc) is 2.48. The van der Waals surface area contributed by atoms with E-state index in [1.54, 1.807) is 10.4 Å². The van der Waals surface area contributed by atoms with E-state index in [9.17, 15) is 8.42 Å². The molecule has 2 rings (SSSR count). The third-order valence-electron chi connectivity index (χ3n) is 3.69. The van der Waals surface area contributed by atoms with Crippen molar-refractivity contribution in [2.24, 2.45) is 0 Å². The molecular formula is C15H23BrN2O2S. The van der Waals surface area contributed by atoms with Crippen LogP contribution in [0.25, 0.3) is 0 Å². The van der Waals surface area contributed by atoms with Gasteiger partial charge in [0.25, 0.3) is 0 Å². The van der Waals surface area contributed by atoms with Gasteiger partial charge in [-0.25, -0.2) is 8.42 Å². The number of piperidine rings is 1. The van der Waals surface area contributed by atoms with E-state index >= 15 is 0 Å². The fourth-order valence-corrected chi connectivity index (χ4v) is 5.12. The number of hydrogen-bond acceptors (Lipinski definition) is 3. The van der Waals surface area contributed by atoms with Crippen molar-refractivity contribution in [3.63, 3.8) is 0 Å². The van der Waals surface area contributed by atoms with Gasteiger partial charge < -0.3 is 5.32 Å². The molecule has 0 bridgehead atoms. The summed E-state index contributed by atoms with van der Waals surface area (Å²) in [6.45, 7) is 5.11. The Hall–Kier alpha value is -0.430. The lowest BCUT2D eigenvalue weighted by Gasteiger charge is -2.26. The largest absolute Gasteiger partial charge is 0.313 e. The lowest BCUT2D eigenvalue weighted by Crippen LogP contribution is -2.35. The van der Waals surface area contributed by atoms with Gasteiger partial charge in [-0.05, 0) is 59.4 Å². The van der Waals surface area contributed by atoms with Crippen LogP contribution in [0.1, 0.15) is 38.2 Å². The summed E-state index contributed by atoms with van der Waals surface area (Å²) in [5, 5.41) is 3.32. The predicted molar refractivity (Wildman–Crippen MR) is 88.7 cm³/mol. The molecule has 1 saturated heterocycles. The third-order valence-corrected chi connectivity index (χ3v) is 6.56. The molecule has 0 amide bonds. The minimum Gasteiger partial charge on any atom is -0.313 e. The van der Waals surface area contributed by atoms with E-state index in [1.807, 2.05) is 12.1 Å². The van der Waals surface area contributed by atoms with Crippen LogP contribution < -0.4 is 5.32 Å². The molecule has 0 spiro atoms. The van der Waals surface area contributed by atoms with E-state index in [0.717, 1.165) is 44.3 Å². The van der Waals surface area contributed by atoms with Crippen LogP contribution in [0.3, 0.4) is 0 Å². The molecule has 6 heteroatoms. The molecule has 21 heavy (non-hydrogen) atoms. The second kappa shape index (κ2) is 7.72. The predicted octanol–water partition coefficient (Wildman–Crippen LogP) is 3.12. The van der Waals surface area contributed by atoms with Gasteiger partial charge in [-0.1, -0.05) is 19.4 Å². The summed E-state index contributed by atoms with van der Waals surface area (Å²) in [6, 6.07) is 5.51. The summed E-state index contributed by atoms with van der Waals surface area (Å²) in [6.07, 6.45) is 4.11. The molecule has 4 nitrogen and oxygen atoms in total. The monoisotopic (exact) mass is 374 g/mol. The second-order valence-electron chi connectivity index (χ2n) is 5.41. The van der Waals surface area contributed by atoms with Gasteiger partial charge in [-0.2, -0.15) is 4.31 Å². The van der Waals surface area contributed by atoms with Gasteiger partial charge in [0, 0.05) is 24.1 Å². The molecular weight excluding hydrogens is 352 g/mol. The van der Waals surface area contributed by atoms with Crippen LogP contribution in [0.15, 0.2) is 27.6 Å². The quantitative estimate of drug-likeness (QED) is 0.778. The smallest absolute Gasteiger partial charge is 0.244 e. The number of rotatable bonds is 6. The normalized spacial score (nSPS) is 17.0. The van der Waals surface area contributed by atoms with Gasteiger partial charge in [0.2, 0.25) is 10.0 Å². The van der Waals surface area contributed by atoms with Crippen LogP contribution >= 0.6 is 15.9 Å². The highest BCUT2D eigenvalue weighted by Crippen LogP contribution is 2.28. The Morgan fingerprint density at radius 3 is 2.57 bits per heavy atom. The van der Waals surface area contributed by atoms with Crippen LogP contribution in [0.4, 0.5) is 0 Å². The molecule has 0 atom stereocenters. The number of halogens is 1. The number of nitrogens with one attached hydrogen (secondary N) is 1. The van der Waals surface area contributed by atoms with E-state index in [0.29, 0.717) is 22.5 Å². The summed E-state index contributed by atoms with van der Waals surface area (Å²) in [5.74, 6) is 0. The Labute approximate surface area is 136 Å². The van der Waals surface area contributed by atoms with E-state index in [1.165, 1.54) is 0 Å². The van der Waals surface area contributed by atoms with Crippen LogP contribution in [0.2, 0.25) is 0 Å². The molecule has 0 aliphatic carbocycles. The summed E-state index contributed by atoms with van der Waals surface area (Å²) >= 11 is 3.42. The van der Waals surface area contributed by atoms with Gasteiger partial charge in [-0.15, -0.1) is 0 Å². The van der Waals surface area contributed by atoms with Crippen LogP contribution in [-0.2, 0) is 16.6 Å². The first kappa shape index (κ1) is 16.9. The number of hydrogen-bond donors (Lipinski definition) is 1. The van der Waals surface area contributed by atoms with Crippen LogP contribution in [-0.4, -0.2) is 32.4 Å². The Morgan fingerprint density at radius 1 is 1.24 bits per heavy atom. The highest BCUT2D eigenvalue weighted by atomic mass is 79.9.